The number of amides is 1. The number of likely N-dealkylation sites (tertiary alicyclic amines) is 1. The highest BCUT2D eigenvalue weighted by Crippen LogP contribution is 2.32. The second-order valence-corrected chi connectivity index (χ2v) is 10.6. The minimum absolute atomic E-state index is 0.333. The molecular formula is C25H35N3O4S. The van der Waals surface area contributed by atoms with Crippen LogP contribution in [0.15, 0.2) is 42.5 Å². The molecule has 0 spiro atoms. The van der Waals surface area contributed by atoms with Crippen molar-refractivity contribution in [3.63, 3.8) is 0 Å². The molecule has 2 aromatic carbocycles. The summed E-state index contributed by atoms with van der Waals surface area (Å²) < 4.78 is 31.8. The number of carbonyl (C=O) groups excluding carboxylic acids is 1. The van der Waals surface area contributed by atoms with Crippen molar-refractivity contribution >= 4 is 21.6 Å². The molecule has 1 atom stereocenters. The second kappa shape index (κ2) is 11.0. The lowest BCUT2D eigenvalue weighted by Gasteiger charge is -2.29. The van der Waals surface area contributed by atoms with E-state index in [0.717, 1.165) is 41.3 Å². The molecule has 33 heavy (non-hydrogen) atoms. The third kappa shape index (κ3) is 6.71. The van der Waals surface area contributed by atoms with Gasteiger partial charge in [0.05, 0.1) is 19.1 Å². The Morgan fingerprint density at radius 2 is 1.82 bits per heavy atom. The van der Waals surface area contributed by atoms with Crippen molar-refractivity contribution in [3.05, 3.63) is 59.2 Å². The van der Waals surface area contributed by atoms with Crippen LogP contribution in [0.4, 0.5) is 5.69 Å². The van der Waals surface area contributed by atoms with Crippen molar-refractivity contribution in [1.29, 1.82) is 0 Å². The second-order valence-electron chi connectivity index (χ2n) is 8.78. The van der Waals surface area contributed by atoms with E-state index in [1.807, 2.05) is 25.1 Å². The van der Waals surface area contributed by atoms with Gasteiger partial charge in [0.2, 0.25) is 15.9 Å². The standard InChI is InChI=1S/C25H35N3O4S/c1-19-11-12-24(32-3)23(15-19)28(33(4,30)31)20(2)25(29)26-17-21-9-8-10-22(16-21)18-27-13-6-5-7-14-27/h8-12,15-16,20H,5-7,13-14,17-18H2,1-4H3,(H,26,29)/t20-/m1/s1. The minimum Gasteiger partial charge on any atom is -0.495 e. The molecule has 3 rings (SSSR count). The lowest BCUT2D eigenvalue weighted by atomic mass is 10.1. The normalized spacial score (nSPS) is 15.6. The molecule has 0 radical (unpaired) electrons. The Hall–Kier alpha value is -2.58. The molecular weight excluding hydrogens is 438 g/mol. The molecule has 8 heteroatoms. The van der Waals surface area contributed by atoms with Gasteiger partial charge in [0.1, 0.15) is 11.8 Å². The van der Waals surface area contributed by atoms with Crippen LogP contribution in [-0.4, -0.2) is 51.7 Å². The van der Waals surface area contributed by atoms with Crippen LogP contribution in [0.1, 0.15) is 42.9 Å². The molecule has 0 aromatic heterocycles. The minimum atomic E-state index is -3.73. The van der Waals surface area contributed by atoms with Gasteiger partial charge in [-0.05, 0) is 68.6 Å². The van der Waals surface area contributed by atoms with E-state index in [2.05, 4.69) is 22.3 Å². The summed E-state index contributed by atoms with van der Waals surface area (Å²) in [6.45, 7) is 6.95. The number of hydrogen-bond donors (Lipinski definition) is 1. The summed E-state index contributed by atoms with van der Waals surface area (Å²) in [6, 6.07) is 12.5. The molecule has 180 valence electrons. The average Bonchev–Trinajstić information content (AvgIpc) is 2.78. The molecule has 0 bridgehead atoms. The Kier molecular flexibility index (Phi) is 8.37. The van der Waals surface area contributed by atoms with Crippen molar-refractivity contribution in [2.45, 2.75) is 52.2 Å². The number of aryl methyl sites for hydroxylation is 1. The zero-order chi connectivity index (χ0) is 24.0. The first-order chi connectivity index (χ1) is 15.7. The molecule has 0 aliphatic carbocycles. The number of anilines is 1. The van der Waals surface area contributed by atoms with Crippen molar-refractivity contribution in [3.8, 4) is 5.75 Å². The van der Waals surface area contributed by atoms with Gasteiger partial charge < -0.3 is 10.1 Å². The summed E-state index contributed by atoms with van der Waals surface area (Å²) in [5.74, 6) is 0.0292. The molecule has 1 aliphatic rings. The Morgan fingerprint density at radius 3 is 2.48 bits per heavy atom. The number of ether oxygens (including phenoxy) is 1. The quantitative estimate of drug-likeness (QED) is 0.603. The third-order valence-electron chi connectivity index (χ3n) is 5.97. The molecule has 7 nitrogen and oxygen atoms in total. The predicted molar refractivity (Wildman–Crippen MR) is 132 cm³/mol. The first-order valence-electron chi connectivity index (χ1n) is 11.4. The van der Waals surface area contributed by atoms with Crippen molar-refractivity contribution in [2.75, 3.05) is 30.8 Å². The maximum atomic E-state index is 13.0. The smallest absolute Gasteiger partial charge is 0.243 e. The van der Waals surface area contributed by atoms with Crippen molar-refractivity contribution in [2.24, 2.45) is 0 Å². The van der Waals surface area contributed by atoms with Crippen LogP contribution < -0.4 is 14.4 Å². The highest BCUT2D eigenvalue weighted by Gasteiger charge is 2.31. The van der Waals surface area contributed by atoms with Gasteiger partial charge in [-0.3, -0.25) is 14.0 Å². The first kappa shape index (κ1) is 25.1. The van der Waals surface area contributed by atoms with Crippen LogP contribution in [0, 0.1) is 6.92 Å². The molecule has 1 N–H and O–H groups in total. The summed E-state index contributed by atoms with van der Waals surface area (Å²) in [7, 11) is -2.25. The van der Waals surface area contributed by atoms with E-state index < -0.39 is 16.1 Å². The zero-order valence-electron chi connectivity index (χ0n) is 20.0. The van der Waals surface area contributed by atoms with Gasteiger partial charge in [0, 0.05) is 13.1 Å². The number of carbonyl (C=O) groups is 1. The van der Waals surface area contributed by atoms with Gasteiger partial charge >= 0.3 is 0 Å². The molecule has 2 aromatic rings. The van der Waals surface area contributed by atoms with Gasteiger partial charge in [-0.25, -0.2) is 8.42 Å². The predicted octanol–water partition coefficient (Wildman–Crippen LogP) is 3.46. The third-order valence-corrected chi connectivity index (χ3v) is 7.20. The Labute approximate surface area is 197 Å². The summed E-state index contributed by atoms with van der Waals surface area (Å²) >= 11 is 0. The van der Waals surface area contributed by atoms with E-state index in [1.165, 1.54) is 31.9 Å². The van der Waals surface area contributed by atoms with Crippen LogP contribution in [0.3, 0.4) is 0 Å². The van der Waals surface area contributed by atoms with Gasteiger partial charge in [0.25, 0.3) is 0 Å². The average molecular weight is 474 g/mol. The number of sulfonamides is 1. The number of piperidine rings is 1. The Bertz CT molecular complexity index is 1070. The molecule has 1 amide bonds. The summed E-state index contributed by atoms with van der Waals surface area (Å²) in [5.41, 5.74) is 3.44. The lowest BCUT2D eigenvalue weighted by Crippen LogP contribution is -2.47. The van der Waals surface area contributed by atoms with Crippen LogP contribution in [0.2, 0.25) is 0 Å². The van der Waals surface area contributed by atoms with E-state index in [-0.39, 0.29) is 5.91 Å². The van der Waals surface area contributed by atoms with E-state index in [9.17, 15) is 13.2 Å². The molecule has 1 saturated heterocycles. The number of methoxy groups -OCH3 is 1. The highest BCUT2D eigenvalue weighted by molar-refractivity contribution is 7.92. The molecule has 1 heterocycles. The van der Waals surface area contributed by atoms with E-state index in [0.29, 0.717) is 18.0 Å². The lowest BCUT2D eigenvalue weighted by molar-refractivity contribution is -0.122. The summed E-state index contributed by atoms with van der Waals surface area (Å²) in [5, 5.41) is 2.90. The molecule has 0 saturated carbocycles. The maximum Gasteiger partial charge on any atom is 0.243 e. The van der Waals surface area contributed by atoms with Gasteiger partial charge in [0.15, 0.2) is 0 Å². The van der Waals surface area contributed by atoms with E-state index in [1.54, 1.807) is 19.1 Å². The maximum absolute atomic E-state index is 13.0. The fraction of sp³-hybridized carbons (Fsp3) is 0.480. The first-order valence-corrected chi connectivity index (χ1v) is 13.3. The number of nitrogens with one attached hydrogen (secondary N) is 1. The van der Waals surface area contributed by atoms with Crippen LogP contribution in [-0.2, 0) is 27.9 Å². The molecule has 1 fully saturated rings. The van der Waals surface area contributed by atoms with Crippen LogP contribution >= 0.6 is 0 Å². The zero-order valence-corrected chi connectivity index (χ0v) is 20.8. The monoisotopic (exact) mass is 473 g/mol. The Morgan fingerprint density at radius 1 is 1.12 bits per heavy atom. The number of nitrogens with zero attached hydrogens (tertiary/aromatic N) is 2. The van der Waals surface area contributed by atoms with E-state index in [4.69, 9.17) is 4.74 Å². The largest absolute Gasteiger partial charge is 0.495 e. The Balaban J connectivity index is 1.71. The fourth-order valence-electron chi connectivity index (χ4n) is 4.30. The number of benzene rings is 2. The van der Waals surface area contributed by atoms with Gasteiger partial charge in [-0.15, -0.1) is 0 Å². The fourth-order valence-corrected chi connectivity index (χ4v) is 5.47. The van der Waals surface area contributed by atoms with Gasteiger partial charge in [-0.1, -0.05) is 36.8 Å². The van der Waals surface area contributed by atoms with Crippen molar-refractivity contribution in [1.82, 2.24) is 10.2 Å². The van der Waals surface area contributed by atoms with E-state index >= 15 is 0 Å². The van der Waals surface area contributed by atoms with Crippen LogP contribution in [0.25, 0.3) is 0 Å². The SMILES string of the molecule is COc1ccc(C)cc1N([C@H](C)C(=O)NCc1cccc(CN2CCCCC2)c1)S(C)(=O)=O. The van der Waals surface area contributed by atoms with Gasteiger partial charge in [-0.2, -0.15) is 0 Å². The van der Waals surface area contributed by atoms with Crippen LogP contribution in [0.5, 0.6) is 5.75 Å². The molecule has 0 unspecified atom stereocenters. The number of hydrogen-bond acceptors (Lipinski definition) is 5. The number of rotatable bonds is 9. The van der Waals surface area contributed by atoms with Crippen molar-refractivity contribution < 1.29 is 17.9 Å². The molecule has 1 aliphatic heterocycles. The summed E-state index contributed by atoms with van der Waals surface area (Å²) in [6.07, 6.45) is 4.90. The summed E-state index contributed by atoms with van der Waals surface area (Å²) in [4.78, 5) is 15.5. The highest BCUT2D eigenvalue weighted by atomic mass is 32.2. The topological polar surface area (TPSA) is 79.0 Å².